The average molecular weight is 481 g/mol. The van der Waals surface area contributed by atoms with Gasteiger partial charge in [0.05, 0.1) is 13.7 Å². The fourth-order valence-corrected chi connectivity index (χ4v) is 3.25. The van der Waals surface area contributed by atoms with Gasteiger partial charge >= 0.3 is 0 Å². The van der Waals surface area contributed by atoms with Crippen molar-refractivity contribution in [2.75, 3.05) is 43.8 Å². The Morgan fingerprint density at radius 2 is 2.08 bits per heavy atom. The van der Waals surface area contributed by atoms with Gasteiger partial charge in [0.2, 0.25) is 0 Å². The van der Waals surface area contributed by atoms with E-state index in [4.69, 9.17) is 4.74 Å². The lowest BCUT2D eigenvalue weighted by Crippen LogP contribution is -3.09. The number of benzene rings is 1. The molecule has 1 N–H and O–H groups in total. The minimum Gasteiger partial charge on any atom is -0.494 e. The van der Waals surface area contributed by atoms with Crippen LogP contribution in [0.2, 0.25) is 0 Å². The molecule has 0 bridgehead atoms. The smallest absolute Gasteiger partial charge is 0.256 e. The summed E-state index contributed by atoms with van der Waals surface area (Å²) < 4.78 is 5.43. The summed E-state index contributed by atoms with van der Waals surface area (Å²) in [5, 5.41) is 12.0. The van der Waals surface area contributed by atoms with Crippen LogP contribution < -0.4 is 14.5 Å². The number of azo groups is 1. The molecule has 0 aliphatic carbocycles. The monoisotopic (exact) mass is 479 g/mol. The van der Waals surface area contributed by atoms with Crippen LogP contribution in [0.1, 0.15) is 6.42 Å². The maximum absolute atomic E-state index is 5.43. The van der Waals surface area contributed by atoms with E-state index >= 15 is 0 Å². The molecule has 1 aliphatic rings. The first-order chi connectivity index (χ1) is 11.7. The van der Waals surface area contributed by atoms with Crippen molar-refractivity contribution in [2.24, 2.45) is 10.2 Å². The highest BCUT2D eigenvalue weighted by atomic mass is 79.9. The molecule has 0 saturated carbocycles. The van der Waals surface area contributed by atoms with E-state index in [0.29, 0.717) is 0 Å². The quantitative estimate of drug-likeness (QED) is 0.473. The number of quaternary nitrogens is 1. The number of hydrogen-bond acceptors (Lipinski definition) is 5. The van der Waals surface area contributed by atoms with Crippen LogP contribution in [0, 0.1) is 0 Å². The highest BCUT2D eigenvalue weighted by Gasteiger charge is 2.24. The number of rotatable bonds is 7. The molecule has 2 unspecified atom stereocenters. The SMILES string of the molecule is CBr.COc1cc(N(C)C)ccc1N=NC1SC=C[NH+]1CCCBr. The summed E-state index contributed by atoms with van der Waals surface area (Å²) >= 11 is 8.11. The summed E-state index contributed by atoms with van der Waals surface area (Å²) in [4.78, 5) is 3.36. The Balaban J connectivity index is 0.00000139. The highest BCUT2D eigenvalue weighted by Crippen LogP contribution is 2.32. The van der Waals surface area contributed by atoms with Gasteiger partial charge < -0.3 is 9.64 Å². The number of anilines is 1. The van der Waals surface area contributed by atoms with Crippen LogP contribution in [0.15, 0.2) is 40.0 Å². The number of ether oxygens (including phenoxy) is 1. The molecule has 8 heteroatoms. The molecule has 2 rings (SSSR count). The van der Waals surface area contributed by atoms with E-state index in [0.717, 1.165) is 35.4 Å². The van der Waals surface area contributed by atoms with Crippen molar-refractivity contribution in [3.63, 3.8) is 0 Å². The second kappa shape index (κ2) is 11.9. The topological polar surface area (TPSA) is 41.6 Å². The normalized spacial score (nSPS) is 19.2. The molecule has 0 saturated heterocycles. The molecule has 0 spiro atoms. The zero-order valence-electron chi connectivity index (χ0n) is 14.5. The van der Waals surface area contributed by atoms with Gasteiger partial charge in [-0.1, -0.05) is 31.9 Å². The lowest BCUT2D eigenvalue weighted by Gasteiger charge is -2.15. The van der Waals surface area contributed by atoms with E-state index in [9.17, 15) is 0 Å². The van der Waals surface area contributed by atoms with E-state index in [-0.39, 0.29) is 5.50 Å². The predicted octanol–water partition coefficient (Wildman–Crippen LogP) is 4.03. The molecule has 1 heterocycles. The van der Waals surface area contributed by atoms with Crippen LogP contribution in [0.3, 0.4) is 0 Å². The fourth-order valence-electron chi connectivity index (χ4n) is 2.09. The third-order valence-electron chi connectivity index (χ3n) is 3.36. The van der Waals surface area contributed by atoms with Gasteiger partial charge in [0, 0.05) is 43.0 Å². The lowest BCUT2D eigenvalue weighted by molar-refractivity contribution is -0.854. The number of thioether (sulfide) groups is 1. The second-order valence-corrected chi connectivity index (χ2v) is 6.91. The molecular formula is C16H25Br2N4OS+. The van der Waals surface area contributed by atoms with Gasteiger partial charge in [-0.2, -0.15) is 0 Å². The zero-order valence-corrected chi connectivity index (χ0v) is 18.5. The van der Waals surface area contributed by atoms with Crippen LogP contribution in [0.25, 0.3) is 0 Å². The molecule has 1 aliphatic heterocycles. The largest absolute Gasteiger partial charge is 0.494 e. The molecule has 0 radical (unpaired) electrons. The van der Waals surface area contributed by atoms with Crippen molar-refractivity contribution in [1.82, 2.24) is 0 Å². The predicted molar refractivity (Wildman–Crippen MR) is 111 cm³/mol. The summed E-state index contributed by atoms with van der Waals surface area (Å²) in [7, 11) is 5.66. The third kappa shape index (κ3) is 6.38. The van der Waals surface area contributed by atoms with Crippen LogP contribution in [-0.2, 0) is 0 Å². The minimum atomic E-state index is 0.0947. The summed E-state index contributed by atoms with van der Waals surface area (Å²) in [5.41, 5.74) is 1.94. The van der Waals surface area contributed by atoms with Gasteiger partial charge in [-0.3, -0.25) is 4.90 Å². The number of hydrogen-bond donors (Lipinski definition) is 1. The lowest BCUT2D eigenvalue weighted by atomic mass is 10.2. The summed E-state index contributed by atoms with van der Waals surface area (Å²) in [6, 6.07) is 5.94. The molecule has 0 aromatic heterocycles. The first-order valence-electron chi connectivity index (χ1n) is 7.53. The van der Waals surface area contributed by atoms with E-state index < -0.39 is 0 Å². The minimum absolute atomic E-state index is 0.0947. The van der Waals surface area contributed by atoms with Gasteiger partial charge in [0.1, 0.15) is 17.6 Å². The second-order valence-electron chi connectivity index (χ2n) is 5.12. The molecular weight excluding hydrogens is 456 g/mol. The molecule has 5 nitrogen and oxygen atoms in total. The van der Waals surface area contributed by atoms with Crippen molar-refractivity contribution < 1.29 is 9.64 Å². The Morgan fingerprint density at radius 3 is 2.71 bits per heavy atom. The van der Waals surface area contributed by atoms with E-state index in [1.165, 1.54) is 4.90 Å². The summed E-state index contributed by atoms with van der Waals surface area (Å²) in [5.74, 6) is 2.56. The maximum atomic E-state index is 5.43. The molecule has 134 valence electrons. The first kappa shape index (κ1) is 21.5. The van der Waals surface area contributed by atoms with Crippen LogP contribution in [0.4, 0.5) is 11.4 Å². The molecule has 24 heavy (non-hydrogen) atoms. The average Bonchev–Trinajstić information content (AvgIpc) is 3.06. The van der Waals surface area contributed by atoms with Crippen molar-refractivity contribution in [2.45, 2.75) is 11.9 Å². The van der Waals surface area contributed by atoms with Crippen molar-refractivity contribution in [1.29, 1.82) is 0 Å². The number of alkyl halides is 2. The third-order valence-corrected chi connectivity index (χ3v) is 4.86. The molecule has 1 aromatic rings. The van der Waals surface area contributed by atoms with E-state index in [1.807, 2.05) is 43.0 Å². The Kier molecular flexibility index (Phi) is 10.6. The van der Waals surface area contributed by atoms with Gasteiger partial charge in [0.15, 0.2) is 0 Å². The van der Waals surface area contributed by atoms with Crippen LogP contribution in [-0.4, -0.2) is 44.4 Å². The van der Waals surface area contributed by atoms with Crippen molar-refractivity contribution >= 4 is 55.0 Å². The van der Waals surface area contributed by atoms with Gasteiger partial charge in [-0.15, -0.1) is 10.2 Å². The summed E-state index contributed by atoms with van der Waals surface area (Å²) in [6.45, 7) is 1.05. The number of methoxy groups -OCH3 is 1. The molecule has 2 atom stereocenters. The molecule has 0 amide bonds. The number of nitrogens with one attached hydrogen (secondary N) is 1. The highest BCUT2D eigenvalue weighted by molar-refractivity contribution is 9.09. The summed E-state index contributed by atoms with van der Waals surface area (Å²) in [6.07, 6.45) is 3.27. The van der Waals surface area contributed by atoms with Gasteiger partial charge in [-0.25, -0.2) is 0 Å². The van der Waals surface area contributed by atoms with Gasteiger partial charge in [-0.05, 0) is 29.7 Å². The fraction of sp³-hybridized carbons (Fsp3) is 0.500. The van der Waals surface area contributed by atoms with Crippen molar-refractivity contribution in [3.8, 4) is 5.75 Å². The maximum Gasteiger partial charge on any atom is 0.256 e. The zero-order chi connectivity index (χ0) is 17.9. The number of nitrogens with zero attached hydrogens (tertiary/aromatic N) is 3. The Bertz CT molecular complexity index is 555. The van der Waals surface area contributed by atoms with Crippen LogP contribution in [0.5, 0.6) is 5.75 Å². The van der Waals surface area contributed by atoms with E-state index in [2.05, 4.69) is 53.7 Å². The van der Waals surface area contributed by atoms with Crippen molar-refractivity contribution in [3.05, 3.63) is 29.8 Å². The number of halogens is 2. The Morgan fingerprint density at radius 1 is 1.33 bits per heavy atom. The first-order valence-corrected chi connectivity index (χ1v) is 11.2. The van der Waals surface area contributed by atoms with Crippen LogP contribution >= 0.6 is 43.6 Å². The molecule has 1 aromatic carbocycles. The van der Waals surface area contributed by atoms with E-state index in [1.54, 1.807) is 18.9 Å². The Labute approximate surface area is 165 Å². The molecule has 0 fully saturated rings. The Hall–Kier alpha value is -0.570. The standard InChI is InChI=1S/C15H21BrN4OS.CH3Br/c1-19(2)12-5-6-13(14(11-12)21-3)17-18-15-20(8-4-7-16)9-10-22-15;1-2/h5-6,9-11,15H,4,7-8H2,1-3H3;1H3/p+1. The van der Waals surface area contributed by atoms with Gasteiger partial charge in [0.25, 0.3) is 5.50 Å².